The summed E-state index contributed by atoms with van der Waals surface area (Å²) in [4.78, 5) is 25.5. The molecule has 0 saturated heterocycles. The van der Waals surface area contributed by atoms with Gasteiger partial charge in [-0.2, -0.15) is 0 Å². The van der Waals surface area contributed by atoms with Crippen LogP contribution in [0, 0.1) is 11.7 Å². The first-order valence-corrected chi connectivity index (χ1v) is 9.16. The number of amides is 1. The Balaban J connectivity index is 1.47. The second-order valence-electron chi connectivity index (χ2n) is 7.07. The van der Waals surface area contributed by atoms with Gasteiger partial charge in [-0.1, -0.05) is 18.2 Å². The minimum absolute atomic E-state index is 0.0350. The van der Waals surface area contributed by atoms with Gasteiger partial charge in [0.15, 0.2) is 11.5 Å². The molecule has 1 N–H and O–H groups in total. The second kappa shape index (κ2) is 7.50. The molecule has 1 amide bonds. The molecule has 28 heavy (non-hydrogen) atoms. The van der Waals surface area contributed by atoms with Crippen LogP contribution in [0.1, 0.15) is 23.5 Å². The molecule has 2 aromatic rings. The highest BCUT2D eigenvalue weighted by Crippen LogP contribution is 2.50. The summed E-state index contributed by atoms with van der Waals surface area (Å²) in [6, 6.07) is 11.4. The van der Waals surface area contributed by atoms with Gasteiger partial charge in [-0.25, -0.2) is 4.39 Å². The number of carbonyl (C=O) groups excluding carboxylic acids is 1. The number of nitrogens with zero attached hydrogens (tertiary/aromatic N) is 1. The van der Waals surface area contributed by atoms with Gasteiger partial charge in [0.25, 0.3) is 0 Å². The average molecular weight is 385 g/mol. The fourth-order valence-electron chi connectivity index (χ4n) is 3.55. The van der Waals surface area contributed by atoms with Crippen LogP contribution < -0.4 is 9.47 Å². The number of rotatable bonds is 6. The van der Waals surface area contributed by atoms with Crippen molar-refractivity contribution in [3.8, 4) is 11.5 Å². The molecular formula is C21H20FNO5. The molecule has 6 nitrogen and oxygen atoms in total. The van der Waals surface area contributed by atoms with E-state index in [0.717, 1.165) is 5.56 Å². The summed E-state index contributed by atoms with van der Waals surface area (Å²) < 4.78 is 24.2. The van der Waals surface area contributed by atoms with Crippen molar-refractivity contribution in [3.05, 3.63) is 59.4 Å². The number of benzene rings is 2. The molecule has 0 spiro atoms. The number of ether oxygens (including phenoxy) is 2. The predicted molar refractivity (Wildman–Crippen MR) is 97.7 cm³/mol. The van der Waals surface area contributed by atoms with Crippen molar-refractivity contribution in [1.29, 1.82) is 0 Å². The van der Waals surface area contributed by atoms with E-state index in [0.29, 0.717) is 36.7 Å². The van der Waals surface area contributed by atoms with Crippen molar-refractivity contribution in [2.45, 2.75) is 18.9 Å². The lowest BCUT2D eigenvalue weighted by Gasteiger charge is -2.21. The van der Waals surface area contributed by atoms with Gasteiger partial charge in [0.05, 0.1) is 0 Å². The van der Waals surface area contributed by atoms with Gasteiger partial charge >= 0.3 is 5.97 Å². The van der Waals surface area contributed by atoms with E-state index in [1.165, 1.54) is 17.0 Å². The molecule has 1 fully saturated rings. The van der Waals surface area contributed by atoms with Crippen molar-refractivity contribution in [2.24, 2.45) is 5.92 Å². The quantitative estimate of drug-likeness (QED) is 0.828. The number of hydrogen-bond acceptors (Lipinski definition) is 4. The molecule has 2 aromatic carbocycles. The van der Waals surface area contributed by atoms with Crippen LogP contribution >= 0.6 is 0 Å². The SMILES string of the molecule is O=C(O)CN(Cc1ccc(F)cc1)C(=O)C1CC1c1ccc2c(c1)OCCO2. The van der Waals surface area contributed by atoms with Gasteiger partial charge in [-0.3, -0.25) is 9.59 Å². The summed E-state index contributed by atoms with van der Waals surface area (Å²) in [6.07, 6.45) is 0.665. The van der Waals surface area contributed by atoms with Crippen molar-refractivity contribution in [1.82, 2.24) is 4.90 Å². The molecule has 4 rings (SSSR count). The summed E-state index contributed by atoms with van der Waals surface area (Å²) in [5.41, 5.74) is 1.67. The van der Waals surface area contributed by atoms with E-state index in [1.54, 1.807) is 12.1 Å². The Labute approximate surface area is 161 Å². The van der Waals surface area contributed by atoms with Crippen LogP contribution in [0.15, 0.2) is 42.5 Å². The highest BCUT2D eigenvalue weighted by Gasteiger charge is 2.46. The number of hydrogen-bond donors (Lipinski definition) is 1. The molecule has 146 valence electrons. The zero-order valence-corrected chi connectivity index (χ0v) is 15.1. The number of carbonyl (C=O) groups is 2. The number of carboxylic acid groups (broad SMARTS) is 1. The average Bonchev–Trinajstić information content (AvgIpc) is 3.49. The highest BCUT2D eigenvalue weighted by molar-refractivity contribution is 5.86. The van der Waals surface area contributed by atoms with Crippen LogP contribution in [-0.2, 0) is 16.1 Å². The lowest BCUT2D eigenvalue weighted by molar-refractivity contribution is -0.145. The maximum absolute atomic E-state index is 13.1. The molecule has 2 unspecified atom stereocenters. The van der Waals surface area contributed by atoms with Gasteiger partial charge < -0.3 is 19.5 Å². The van der Waals surface area contributed by atoms with Crippen molar-refractivity contribution >= 4 is 11.9 Å². The molecule has 7 heteroatoms. The fourth-order valence-corrected chi connectivity index (χ4v) is 3.55. The third-order valence-electron chi connectivity index (χ3n) is 5.03. The van der Waals surface area contributed by atoms with Gasteiger partial charge in [-0.15, -0.1) is 0 Å². The van der Waals surface area contributed by atoms with Crippen LogP contribution in [0.25, 0.3) is 0 Å². The lowest BCUT2D eigenvalue weighted by atomic mass is 10.1. The van der Waals surface area contributed by atoms with Gasteiger partial charge in [0.1, 0.15) is 25.6 Å². The number of carboxylic acids is 1. The van der Waals surface area contributed by atoms with Crippen molar-refractivity contribution in [2.75, 3.05) is 19.8 Å². The fraction of sp³-hybridized carbons (Fsp3) is 0.333. The number of halogens is 1. The maximum atomic E-state index is 13.1. The molecule has 2 aliphatic rings. The third kappa shape index (κ3) is 3.93. The Kier molecular flexibility index (Phi) is 4.90. The highest BCUT2D eigenvalue weighted by atomic mass is 19.1. The van der Waals surface area contributed by atoms with E-state index in [2.05, 4.69) is 0 Å². The summed E-state index contributed by atoms with van der Waals surface area (Å²) in [5, 5.41) is 9.19. The molecule has 1 saturated carbocycles. The van der Waals surface area contributed by atoms with Crippen LogP contribution in [0.4, 0.5) is 4.39 Å². The van der Waals surface area contributed by atoms with E-state index in [1.807, 2.05) is 18.2 Å². The summed E-state index contributed by atoms with van der Waals surface area (Å²) in [7, 11) is 0. The molecule has 0 aromatic heterocycles. The molecule has 1 heterocycles. The van der Waals surface area contributed by atoms with E-state index >= 15 is 0 Å². The number of aliphatic carboxylic acids is 1. The van der Waals surface area contributed by atoms with E-state index < -0.39 is 5.97 Å². The predicted octanol–water partition coefficient (Wildman–Crippen LogP) is 2.81. The molecule has 1 aliphatic carbocycles. The number of fused-ring (bicyclic) bond motifs is 1. The topological polar surface area (TPSA) is 76.1 Å². The first kappa shape index (κ1) is 18.3. The van der Waals surface area contributed by atoms with Gasteiger partial charge in [0.2, 0.25) is 5.91 Å². The normalized spacial score (nSPS) is 19.8. The molecular weight excluding hydrogens is 365 g/mol. The van der Waals surface area contributed by atoms with Crippen LogP contribution in [0.2, 0.25) is 0 Å². The van der Waals surface area contributed by atoms with Gasteiger partial charge in [-0.05, 0) is 47.7 Å². The van der Waals surface area contributed by atoms with Crippen LogP contribution in [-0.4, -0.2) is 41.6 Å². The first-order valence-electron chi connectivity index (χ1n) is 9.16. The third-order valence-corrected chi connectivity index (χ3v) is 5.03. The van der Waals surface area contributed by atoms with Crippen LogP contribution in [0.5, 0.6) is 11.5 Å². The molecule has 2 atom stereocenters. The van der Waals surface area contributed by atoms with Crippen molar-refractivity contribution < 1.29 is 28.6 Å². The summed E-state index contributed by atoms with van der Waals surface area (Å²) >= 11 is 0. The minimum Gasteiger partial charge on any atom is -0.486 e. The van der Waals surface area contributed by atoms with Gasteiger partial charge in [0, 0.05) is 12.5 Å². The molecule has 0 bridgehead atoms. The minimum atomic E-state index is -1.08. The Morgan fingerprint density at radius 2 is 1.79 bits per heavy atom. The second-order valence-corrected chi connectivity index (χ2v) is 7.07. The summed E-state index contributed by atoms with van der Waals surface area (Å²) in [6.45, 7) is 0.758. The Hall–Kier alpha value is -3.09. The Morgan fingerprint density at radius 1 is 1.07 bits per heavy atom. The smallest absolute Gasteiger partial charge is 0.323 e. The Morgan fingerprint density at radius 3 is 2.50 bits per heavy atom. The zero-order valence-electron chi connectivity index (χ0n) is 15.1. The zero-order chi connectivity index (χ0) is 19.7. The van der Waals surface area contributed by atoms with E-state index in [4.69, 9.17) is 9.47 Å². The maximum Gasteiger partial charge on any atom is 0.323 e. The van der Waals surface area contributed by atoms with Crippen molar-refractivity contribution in [3.63, 3.8) is 0 Å². The molecule has 0 radical (unpaired) electrons. The monoisotopic (exact) mass is 385 g/mol. The lowest BCUT2D eigenvalue weighted by Crippen LogP contribution is -2.36. The Bertz CT molecular complexity index is 898. The molecule has 1 aliphatic heterocycles. The first-order chi connectivity index (χ1) is 13.5. The van der Waals surface area contributed by atoms with E-state index in [-0.39, 0.29) is 36.6 Å². The summed E-state index contributed by atoms with van der Waals surface area (Å²) in [5.74, 6) is -0.507. The standard InChI is InChI=1S/C21H20FNO5/c22-15-4-1-13(2-5-15)11-23(12-20(24)25)21(26)17-10-16(17)14-3-6-18-19(9-14)28-8-7-27-18/h1-6,9,16-17H,7-8,10-12H2,(H,24,25). The van der Waals surface area contributed by atoms with E-state index in [9.17, 15) is 19.1 Å². The largest absolute Gasteiger partial charge is 0.486 e. The van der Waals surface area contributed by atoms with Crippen LogP contribution in [0.3, 0.4) is 0 Å².